The Hall–Kier alpha value is -2.90. The summed E-state index contributed by atoms with van der Waals surface area (Å²) in [6.07, 6.45) is -1.46. The van der Waals surface area contributed by atoms with Gasteiger partial charge in [0.15, 0.2) is 11.5 Å². The molecule has 4 aromatic rings. The van der Waals surface area contributed by atoms with Gasteiger partial charge in [0, 0.05) is 17.1 Å². The predicted molar refractivity (Wildman–Crippen MR) is 77.8 cm³/mol. The number of aromatic amines is 1. The molecule has 0 bridgehead atoms. The van der Waals surface area contributed by atoms with Gasteiger partial charge in [-0.1, -0.05) is 0 Å². The van der Waals surface area contributed by atoms with Gasteiger partial charge in [-0.2, -0.15) is 18.3 Å². The first-order chi connectivity index (χ1) is 10.9. The Kier molecular flexibility index (Phi) is 2.72. The highest BCUT2D eigenvalue weighted by Gasteiger charge is 2.31. The van der Waals surface area contributed by atoms with Crippen molar-refractivity contribution in [3.63, 3.8) is 0 Å². The van der Waals surface area contributed by atoms with Gasteiger partial charge < -0.3 is 0 Å². The lowest BCUT2D eigenvalue weighted by Gasteiger charge is -2.05. The number of H-pyrrole nitrogens is 1. The van der Waals surface area contributed by atoms with Crippen LogP contribution >= 0.6 is 0 Å². The maximum Gasteiger partial charge on any atom is 0.416 e. The minimum atomic E-state index is -4.40. The second kappa shape index (κ2) is 4.55. The van der Waals surface area contributed by atoms with E-state index in [2.05, 4.69) is 20.3 Å². The second-order valence-electron chi connectivity index (χ2n) is 5.28. The molecule has 3 heterocycles. The Labute approximate surface area is 127 Å². The first-order valence-electron chi connectivity index (χ1n) is 6.79. The van der Waals surface area contributed by atoms with Crippen LogP contribution in [0.25, 0.3) is 27.9 Å². The van der Waals surface area contributed by atoms with Gasteiger partial charge in [0.1, 0.15) is 0 Å². The van der Waals surface area contributed by atoms with Crippen molar-refractivity contribution in [3.8, 4) is 11.4 Å². The van der Waals surface area contributed by atoms with E-state index in [-0.39, 0.29) is 5.65 Å². The Bertz CT molecular complexity index is 1030. The highest BCUT2D eigenvalue weighted by molar-refractivity contribution is 5.85. The molecule has 116 valence electrons. The minimum absolute atomic E-state index is 0.153. The van der Waals surface area contributed by atoms with Crippen molar-refractivity contribution in [1.82, 2.24) is 24.8 Å². The number of halogens is 3. The van der Waals surface area contributed by atoms with Gasteiger partial charge in [-0.15, -0.1) is 5.10 Å². The number of pyridine rings is 1. The van der Waals surface area contributed by atoms with Crippen LogP contribution in [-0.4, -0.2) is 24.8 Å². The summed E-state index contributed by atoms with van der Waals surface area (Å²) < 4.78 is 39.6. The van der Waals surface area contributed by atoms with E-state index in [4.69, 9.17) is 0 Å². The Morgan fingerprint density at radius 2 is 2.00 bits per heavy atom. The molecule has 0 amide bonds. The molecule has 5 nitrogen and oxygen atoms in total. The van der Waals surface area contributed by atoms with Gasteiger partial charge in [0.05, 0.1) is 17.3 Å². The van der Waals surface area contributed by atoms with Crippen molar-refractivity contribution < 1.29 is 13.2 Å². The van der Waals surface area contributed by atoms with Crippen molar-refractivity contribution in [1.29, 1.82) is 0 Å². The Morgan fingerprint density at radius 1 is 1.17 bits per heavy atom. The van der Waals surface area contributed by atoms with Crippen LogP contribution in [0.2, 0.25) is 0 Å². The molecular formula is C15H10F3N5. The van der Waals surface area contributed by atoms with E-state index in [1.807, 2.05) is 19.1 Å². The van der Waals surface area contributed by atoms with E-state index >= 15 is 0 Å². The van der Waals surface area contributed by atoms with Crippen molar-refractivity contribution in [2.45, 2.75) is 13.1 Å². The number of hydrogen-bond acceptors (Lipinski definition) is 3. The summed E-state index contributed by atoms with van der Waals surface area (Å²) in [7, 11) is 0. The molecule has 8 heteroatoms. The number of rotatable bonds is 1. The fraction of sp³-hybridized carbons (Fsp3) is 0.133. The van der Waals surface area contributed by atoms with Crippen LogP contribution in [-0.2, 0) is 6.18 Å². The lowest BCUT2D eigenvalue weighted by atomic mass is 10.1. The van der Waals surface area contributed by atoms with Gasteiger partial charge >= 0.3 is 6.18 Å². The van der Waals surface area contributed by atoms with Crippen LogP contribution < -0.4 is 0 Å². The third kappa shape index (κ3) is 2.23. The van der Waals surface area contributed by atoms with E-state index in [0.717, 1.165) is 34.2 Å². The average molecular weight is 317 g/mol. The summed E-state index contributed by atoms with van der Waals surface area (Å²) in [5, 5.41) is 12.0. The van der Waals surface area contributed by atoms with Crippen LogP contribution in [0.5, 0.6) is 0 Å². The maximum atomic E-state index is 12.8. The van der Waals surface area contributed by atoms with Crippen molar-refractivity contribution in [2.75, 3.05) is 0 Å². The van der Waals surface area contributed by atoms with Crippen LogP contribution in [0.1, 0.15) is 11.1 Å². The van der Waals surface area contributed by atoms with Gasteiger partial charge in [0.2, 0.25) is 0 Å². The molecule has 0 aliphatic carbocycles. The van der Waals surface area contributed by atoms with Crippen LogP contribution in [0.4, 0.5) is 13.2 Å². The molecule has 4 rings (SSSR count). The molecule has 3 aromatic heterocycles. The molecule has 0 spiro atoms. The minimum Gasteiger partial charge on any atom is -0.278 e. The van der Waals surface area contributed by atoms with Gasteiger partial charge in [0.25, 0.3) is 0 Å². The summed E-state index contributed by atoms with van der Waals surface area (Å²) >= 11 is 0. The fourth-order valence-electron chi connectivity index (χ4n) is 2.54. The number of hydrogen-bond donors (Lipinski definition) is 1. The number of fused-ring (bicyclic) bond motifs is 2. The number of aryl methyl sites for hydroxylation is 1. The SMILES string of the molecule is Cc1cc(-c2nc3cc(C(F)(F)F)ccn3n2)cc2cn[nH]c12. The summed E-state index contributed by atoms with van der Waals surface area (Å²) in [5.41, 5.74) is 2.01. The molecule has 0 atom stereocenters. The molecule has 1 N–H and O–H groups in total. The van der Waals surface area contributed by atoms with Crippen LogP contribution in [0.3, 0.4) is 0 Å². The normalized spacial score (nSPS) is 12.3. The molecule has 1 aromatic carbocycles. The smallest absolute Gasteiger partial charge is 0.278 e. The van der Waals surface area contributed by atoms with Crippen molar-refractivity contribution in [3.05, 3.63) is 47.8 Å². The Balaban J connectivity index is 1.87. The van der Waals surface area contributed by atoms with Crippen LogP contribution in [0.15, 0.2) is 36.7 Å². The van der Waals surface area contributed by atoms with Crippen molar-refractivity contribution >= 4 is 16.6 Å². The fourth-order valence-corrected chi connectivity index (χ4v) is 2.54. The summed E-state index contributed by atoms with van der Waals surface area (Å²) in [6.45, 7) is 1.92. The standard InChI is InChI=1S/C15H10F3N5/c1-8-4-9(5-10-7-19-21-13(8)10)14-20-12-6-11(15(16,17)18)2-3-23(12)22-14/h2-7H,1H3,(H,19,21). The highest BCUT2D eigenvalue weighted by Crippen LogP contribution is 2.30. The lowest BCUT2D eigenvalue weighted by molar-refractivity contribution is -0.137. The number of alkyl halides is 3. The summed E-state index contributed by atoms with van der Waals surface area (Å²) in [6, 6.07) is 5.70. The monoisotopic (exact) mass is 317 g/mol. The molecule has 0 aliphatic rings. The summed E-state index contributed by atoms with van der Waals surface area (Å²) in [5.74, 6) is 0.371. The third-order valence-electron chi connectivity index (χ3n) is 3.67. The highest BCUT2D eigenvalue weighted by atomic mass is 19.4. The number of nitrogens with zero attached hydrogens (tertiary/aromatic N) is 4. The first-order valence-corrected chi connectivity index (χ1v) is 6.79. The van der Waals surface area contributed by atoms with E-state index in [9.17, 15) is 13.2 Å². The molecule has 0 radical (unpaired) electrons. The lowest BCUT2D eigenvalue weighted by Crippen LogP contribution is -2.05. The maximum absolute atomic E-state index is 12.8. The molecule has 0 fully saturated rings. The zero-order chi connectivity index (χ0) is 16.2. The Morgan fingerprint density at radius 3 is 2.78 bits per heavy atom. The van der Waals surface area contributed by atoms with Crippen LogP contribution in [0, 0.1) is 6.92 Å². The quantitative estimate of drug-likeness (QED) is 0.583. The zero-order valence-electron chi connectivity index (χ0n) is 11.9. The van der Waals surface area contributed by atoms with E-state index < -0.39 is 11.7 Å². The van der Waals surface area contributed by atoms with Gasteiger partial charge in [-0.25, -0.2) is 9.50 Å². The topological polar surface area (TPSA) is 58.9 Å². The molecule has 0 saturated heterocycles. The average Bonchev–Trinajstić information content (AvgIpc) is 3.11. The van der Waals surface area contributed by atoms with E-state index in [1.165, 1.54) is 10.7 Å². The zero-order valence-corrected chi connectivity index (χ0v) is 11.9. The number of benzene rings is 1. The molecule has 0 saturated carbocycles. The number of nitrogens with one attached hydrogen (secondary N) is 1. The molecular weight excluding hydrogens is 307 g/mol. The predicted octanol–water partition coefficient (Wildman–Crippen LogP) is 3.60. The van der Waals surface area contributed by atoms with Crippen molar-refractivity contribution in [2.24, 2.45) is 0 Å². The molecule has 0 aliphatic heterocycles. The second-order valence-corrected chi connectivity index (χ2v) is 5.28. The van der Waals surface area contributed by atoms with E-state index in [0.29, 0.717) is 5.82 Å². The molecule has 0 unspecified atom stereocenters. The first kappa shape index (κ1) is 13.7. The molecule has 23 heavy (non-hydrogen) atoms. The number of aromatic nitrogens is 5. The largest absolute Gasteiger partial charge is 0.416 e. The van der Waals surface area contributed by atoms with E-state index in [1.54, 1.807) is 6.20 Å². The van der Waals surface area contributed by atoms with Gasteiger partial charge in [-0.05, 0) is 36.8 Å². The van der Waals surface area contributed by atoms with Gasteiger partial charge in [-0.3, -0.25) is 5.10 Å². The third-order valence-corrected chi connectivity index (χ3v) is 3.67. The summed E-state index contributed by atoms with van der Waals surface area (Å²) in [4.78, 5) is 4.21.